The Kier molecular flexibility index (Phi) is 2.99. The average Bonchev–Trinajstić information content (AvgIpc) is 1.78. The van der Waals surface area contributed by atoms with Gasteiger partial charge in [-0.1, -0.05) is 20.8 Å². The second kappa shape index (κ2) is 3.69. The first kappa shape index (κ1) is 10.6. The third-order valence-electron chi connectivity index (χ3n) is 2.94. The minimum atomic E-state index is -0.644. The molecule has 13 heavy (non-hydrogen) atoms. The van der Waals surface area contributed by atoms with E-state index in [1.165, 1.54) is 6.42 Å². The SMILES string of the molecule is C[C@H]1C[C@@H](CC(=O)O)CC(C)(C)C1. The van der Waals surface area contributed by atoms with Crippen molar-refractivity contribution in [2.45, 2.75) is 46.5 Å². The van der Waals surface area contributed by atoms with E-state index in [-0.39, 0.29) is 0 Å². The molecular weight excluding hydrogens is 164 g/mol. The van der Waals surface area contributed by atoms with Crippen LogP contribution in [0.2, 0.25) is 0 Å². The maximum absolute atomic E-state index is 10.6. The molecule has 0 amide bonds. The van der Waals surface area contributed by atoms with Crippen LogP contribution < -0.4 is 0 Å². The van der Waals surface area contributed by atoms with Gasteiger partial charge in [0.25, 0.3) is 0 Å². The molecule has 0 spiro atoms. The van der Waals surface area contributed by atoms with Crippen LogP contribution in [0.1, 0.15) is 46.5 Å². The van der Waals surface area contributed by atoms with Crippen molar-refractivity contribution in [2.24, 2.45) is 17.3 Å². The van der Waals surface area contributed by atoms with Crippen LogP contribution in [0.4, 0.5) is 0 Å². The zero-order chi connectivity index (χ0) is 10.1. The second-order valence-corrected chi connectivity index (χ2v) is 5.38. The zero-order valence-electron chi connectivity index (χ0n) is 8.84. The molecule has 1 rings (SSSR count). The van der Waals surface area contributed by atoms with E-state index >= 15 is 0 Å². The fourth-order valence-electron chi connectivity index (χ4n) is 2.95. The molecule has 0 aromatic heterocycles. The first-order valence-corrected chi connectivity index (χ1v) is 5.11. The summed E-state index contributed by atoms with van der Waals surface area (Å²) in [6.07, 6.45) is 3.76. The van der Waals surface area contributed by atoms with Gasteiger partial charge >= 0.3 is 5.97 Å². The van der Waals surface area contributed by atoms with Crippen molar-refractivity contribution in [3.05, 3.63) is 0 Å². The van der Waals surface area contributed by atoms with Gasteiger partial charge in [0.05, 0.1) is 0 Å². The Morgan fingerprint density at radius 1 is 1.46 bits per heavy atom. The summed E-state index contributed by atoms with van der Waals surface area (Å²) in [5.74, 6) is 0.444. The van der Waals surface area contributed by atoms with Crippen molar-refractivity contribution in [1.82, 2.24) is 0 Å². The fraction of sp³-hybridized carbons (Fsp3) is 0.909. The molecule has 0 aromatic rings. The van der Waals surface area contributed by atoms with Crippen molar-refractivity contribution < 1.29 is 9.90 Å². The molecule has 0 heterocycles. The van der Waals surface area contributed by atoms with E-state index in [0.717, 1.165) is 12.8 Å². The summed E-state index contributed by atoms with van der Waals surface area (Å²) in [7, 11) is 0. The summed E-state index contributed by atoms with van der Waals surface area (Å²) in [5, 5.41) is 8.72. The first-order valence-electron chi connectivity index (χ1n) is 5.11. The van der Waals surface area contributed by atoms with Gasteiger partial charge in [-0.25, -0.2) is 0 Å². The van der Waals surface area contributed by atoms with Gasteiger partial charge in [-0.2, -0.15) is 0 Å². The quantitative estimate of drug-likeness (QED) is 0.716. The molecule has 2 heteroatoms. The number of carboxylic acid groups (broad SMARTS) is 1. The van der Waals surface area contributed by atoms with Crippen LogP contribution in [0.15, 0.2) is 0 Å². The molecule has 1 aliphatic carbocycles. The first-order chi connectivity index (χ1) is 5.89. The molecule has 0 unspecified atom stereocenters. The maximum atomic E-state index is 10.6. The normalized spacial score (nSPS) is 32.8. The highest BCUT2D eigenvalue weighted by Gasteiger charge is 2.32. The van der Waals surface area contributed by atoms with Crippen molar-refractivity contribution in [1.29, 1.82) is 0 Å². The monoisotopic (exact) mass is 184 g/mol. The highest BCUT2D eigenvalue weighted by molar-refractivity contribution is 5.67. The summed E-state index contributed by atoms with van der Waals surface area (Å²) in [4.78, 5) is 10.6. The molecule has 1 fully saturated rings. The highest BCUT2D eigenvalue weighted by atomic mass is 16.4. The van der Waals surface area contributed by atoms with E-state index in [1.807, 2.05) is 0 Å². The summed E-state index contributed by atoms with van der Waals surface area (Å²) in [6.45, 7) is 6.73. The van der Waals surface area contributed by atoms with Crippen LogP contribution in [-0.4, -0.2) is 11.1 Å². The molecule has 1 aliphatic rings. The van der Waals surface area contributed by atoms with Crippen molar-refractivity contribution in [3.63, 3.8) is 0 Å². The zero-order valence-corrected chi connectivity index (χ0v) is 8.84. The van der Waals surface area contributed by atoms with E-state index < -0.39 is 5.97 Å². The molecular formula is C11H20O2. The van der Waals surface area contributed by atoms with Crippen molar-refractivity contribution >= 4 is 5.97 Å². The van der Waals surface area contributed by atoms with Gasteiger partial charge in [0.1, 0.15) is 0 Å². The molecule has 0 bridgehead atoms. The molecule has 0 saturated heterocycles. The standard InChI is InChI=1S/C11H20O2/c1-8-4-9(5-10(12)13)7-11(2,3)6-8/h8-9H,4-7H2,1-3H3,(H,12,13)/t8-,9-/m0/s1. The smallest absolute Gasteiger partial charge is 0.303 e. The Bertz CT molecular complexity index is 196. The molecule has 2 atom stereocenters. The van der Waals surface area contributed by atoms with E-state index in [1.54, 1.807) is 0 Å². The summed E-state index contributed by atoms with van der Waals surface area (Å²) < 4.78 is 0. The van der Waals surface area contributed by atoms with Gasteiger partial charge in [0.2, 0.25) is 0 Å². The lowest BCUT2D eigenvalue weighted by Gasteiger charge is -2.38. The Hall–Kier alpha value is -0.530. The molecule has 2 nitrogen and oxygen atoms in total. The van der Waals surface area contributed by atoms with Crippen LogP contribution in [-0.2, 0) is 4.79 Å². The van der Waals surface area contributed by atoms with E-state index in [9.17, 15) is 4.79 Å². The van der Waals surface area contributed by atoms with Gasteiger partial charge in [-0.3, -0.25) is 4.79 Å². The van der Waals surface area contributed by atoms with Crippen LogP contribution >= 0.6 is 0 Å². The van der Waals surface area contributed by atoms with Gasteiger partial charge < -0.3 is 5.11 Å². The molecule has 1 N–H and O–H groups in total. The third-order valence-corrected chi connectivity index (χ3v) is 2.94. The van der Waals surface area contributed by atoms with Gasteiger partial charge in [-0.05, 0) is 36.5 Å². The molecule has 76 valence electrons. The minimum absolute atomic E-state index is 0.345. The number of carboxylic acids is 1. The van der Waals surface area contributed by atoms with Crippen LogP contribution in [0.5, 0.6) is 0 Å². The second-order valence-electron chi connectivity index (χ2n) is 5.38. The van der Waals surface area contributed by atoms with Crippen LogP contribution in [0.3, 0.4) is 0 Å². The van der Waals surface area contributed by atoms with Crippen molar-refractivity contribution in [2.75, 3.05) is 0 Å². The van der Waals surface area contributed by atoms with Crippen LogP contribution in [0.25, 0.3) is 0 Å². The lowest BCUT2D eigenvalue weighted by atomic mass is 9.67. The van der Waals surface area contributed by atoms with Gasteiger partial charge in [0.15, 0.2) is 0 Å². The Morgan fingerprint density at radius 3 is 2.54 bits per heavy atom. The largest absolute Gasteiger partial charge is 0.481 e. The molecule has 0 aliphatic heterocycles. The van der Waals surface area contributed by atoms with E-state index in [2.05, 4.69) is 20.8 Å². The Balaban J connectivity index is 2.52. The molecule has 0 aromatic carbocycles. The fourth-order valence-corrected chi connectivity index (χ4v) is 2.95. The highest BCUT2D eigenvalue weighted by Crippen LogP contribution is 2.42. The third kappa shape index (κ3) is 3.37. The topological polar surface area (TPSA) is 37.3 Å². The van der Waals surface area contributed by atoms with Crippen molar-refractivity contribution in [3.8, 4) is 0 Å². The number of aliphatic carboxylic acids is 1. The lowest BCUT2D eigenvalue weighted by molar-refractivity contribution is -0.138. The summed E-state index contributed by atoms with van der Waals surface area (Å²) in [6, 6.07) is 0. The van der Waals surface area contributed by atoms with E-state index in [4.69, 9.17) is 5.11 Å². The number of hydrogen-bond acceptors (Lipinski definition) is 1. The maximum Gasteiger partial charge on any atom is 0.303 e. The number of hydrogen-bond donors (Lipinski definition) is 1. The Morgan fingerprint density at radius 2 is 2.08 bits per heavy atom. The predicted octanol–water partition coefficient (Wildman–Crippen LogP) is 2.92. The van der Waals surface area contributed by atoms with Gasteiger partial charge in [0, 0.05) is 6.42 Å². The number of rotatable bonds is 2. The van der Waals surface area contributed by atoms with Crippen LogP contribution in [0, 0.1) is 17.3 Å². The number of carbonyl (C=O) groups is 1. The summed E-state index contributed by atoms with van der Waals surface area (Å²) >= 11 is 0. The minimum Gasteiger partial charge on any atom is -0.481 e. The average molecular weight is 184 g/mol. The summed E-state index contributed by atoms with van der Waals surface area (Å²) in [5.41, 5.74) is 0.345. The molecule has 0 radical (unpaired) electrons. The predicted molar refractivity (Wildman–Crippen MR) is 52.5 cm³/mol. The Labute approximate surface area is 80.3 Å². The van der Waals surface area contributed by atoms with Gasteiger partial charge in [-0.15, -0.1) is 0 Å². The molecule has 1 saturated carbocycles. The lowest BCUT2D eigenvalue weighted by Crippen LogP contribution is -2.28. The van der Waals surface area contributed by atoms with E-state index in [0.29, 0.717) is 23.7 Å².